The molecule has 0 saturated carbocycles. The Bertz CT molecular complexity index is 565. The number of benzene rings is 1. The van der Waals surface area contributed by atoms with Gasteiger partial charge in [0, 0.05) is 24.7 Å². The third-order valence-corrected chi connectivity index (χ3v) is 3.06. The van der Waals surface area contributed by atoms with E-state index in [0.29, 0.717) is 17.1 Å². The molecule has 0 spiro atoms. The van der Waals surface area contributed by atoms with Crippen LogP contribution in [0.3, 0.4) is 0 Å². The van der Waals surface area contributed by atoms with Crippen molar-refractivity contribution in [2.24, 2.45) is 0 Å². The Morgan fingerprint density at radius 3 is 2.42 bits per heavy atom. The summed E-state index contributed by atoms with van der Waals surface area (Å²) in [4.78, 5) is 10.9. The summed E-state index contributed by atoms with van der Waals surface area (Å²) < 4.78 is 13.8. The molecule has 3 nitrogen and oxygen atoms in total. The number of hydrogen-bond acceptors (Lipinski definition) is 3. The van der Waals surface area contributed by atoms with Crippen LogP contribution in [0, 0.1) is 12.7 Å². The molecule has 0 radical (unpaired) electrons. The van der Waals surface area contributed by atoms with E-state index in [0.717, 1.165) is 18.9 Å². The summed E-state index contributed by atoms with van der Waals surface area (Å²) in [7, 11) is 0. The maximum absolute atomic E-state index is 13.8. The van der Waals surface area contributed by atoms with E-state index in [1.54, 1.807) is 12.1 Å². The molecular weight excluding hydrogens is 241 g/mol. The van der Waals surface area contributed by atoms with Crippen molar-refractivity contribution >= 4 is 5.82 Å². The molecule has 0 bridgehead atoms. The average molecular weight is 259 g/mol. The fourth-order valence-electron chi connectivity index (χ4n) is 2.07. The second-order valence-electron chi connectivity index (χ2n) is 4.31. The van der Waals surface area contributed by atoms with Crippen molar-refractivity contribution in [3.63, 3.8) is 0 Å². The van der Waals surface area contributed by atoms with Gasteiger partial charge in [0.25, 0.3) is 0 Å². The Labute approximate surface area is 113 Å². The molecule has 0 aliphatic carbocycles. The number of hydrogen-bond donors (Lipinski definition) is 0. The molecule has 0 aliphatic heterocycles. The molecular formula is C15H18FN3. The fourth-order valence-corrected chi connectivity index (χ4v) is 2.07. The lowest BCUT2D eigenvalue weighted by Crippen LogP contribution is -2.23. The van der Waals surface area contributed by atoms with Crippen LogP contribution in [0.1, 0.15) is 19.7 Å². The first-order valence-corrected chi connectivity index (χ1v) is 6.51. The van der Waals surface area contributed by atoms with Gasteiger partial charge < -0.3 is 4.90 Å². The Morgan fingerprint density at radius 2 is 1.79 bits per heavy atom. The van der Waals surface area contributed by atoms with E-state index in [1.165, 1.54) is 6.07 Å². The zero-order chi connectivity index (χ0) is 13.8. The highest BCUT2D eigenvalue weighted by molar-refractivity contribution is 5.63. The number of halogens is 1. The smallest absolute Gasteiger partial charge is 0.132 e. The van der Waals surface area contributed by atoms with Crippen molar-refractivity contribution in [1.82, 2.24) is 9.97 Å². The first kappa shape index (κ1) is 13.5. The van der Waals surface area contributed by atoms with Gasteiger partial charge in [-0.25, -0.2) is 14.4 Å². The molecule has 2 aromatic rings. The van der Waals surface area contributed by atoms with Crippen LogP contribution in [0.2, 0.25) is 0 Å². The molecule has 0 unspecified atom stereocenters. The van der Waals surface area contributed by atoms with E-state index >= 15 is 0 Å². The molecule has 1 aromatic heterocycles. The first-order valence-electron chi connectivity index (χ1n) is 6.51. The summed E-state index contributed by atoms with van der Waals surface area (Å²) in [5, 5.41) is 0. The van der Waals surface area contributed by atoms with E-state index in [4.69, 9.17) is 0 Å². The van der Waals surface area contributed by atoms with Gasteiger partial charge in [-0.1, -0.05) is 12.1 Å². The molecule has 0 atom stereocenters. The minimum Gasteiger partial charge on any atom is -0.357 e. The maximum Gasteiger partial charge on any atom is 0.132 e. The summed E-state index contributed by atoms with van der Waals surface area (Å²) in [5.74, 6) is 1.24. The SMILES string of the molecule is CCN(CC)c1cc(-c2ccccc2F)nc(C)n1. The predicted octanol–water partition coefficient (Wildman–Crippen LogP) is 3.44. The molecule has 0 N–H and O–H groups in total. The summed E-state index contributed by atoms with van der Waals surface area (Å²) >= 11 is 0. The van der Waals surface area contributed by atoms with Crippen molar-refractivity contribution in [3.8, 4) is 11.3 Å². The van der Waals surface area contributed by atoms with Crippen LogP contribution in [-0.4, -0.2) is 23.1 Å². The molecule has 0 fully saturated rings. The van der Waals surface area contributed by atoms with Gasteiger partial charge >= 0.3 is 0 Å². The highest BCUT2D eigenvalue weighted by Gasteiger charge is 2.11. The Kier molecular flexibility index (Phi) is 4.10. The lowest BCUT2D eigenvalue weighted by atomic mass is 10.1. The number of aromatic nitrogens is 2. The Balaban J connectivity index is 2.51. The lowest BCUT2D eigenvalue weighted by molar-refractivity contribution is 0.630. The molecule has 1 heterocycles. The van der Waals surface area contributed by atoms with Crippen LogP contribution in [0.15, 0.2) is 30.3 Å². The zero-order valence-electron chi connectivity index (χ0n) is 11.5. The monoisotopic (exact) mass is 259 g/mol. The van der Waals surface area contributed by atoms with Gasteiger partial charge in [0.2, 0.25) is 0 Å². The zero-order valence-corrected chi connectivity index (χ0v) is 11.5. The Morgan fingerprint density at radius 1 is 1.11 bits per heavy atom. The van der Waals surface area contributed by atoms with Crippen molar-refractivity contribution in [2.75, 3.05) is 18.0 Å². The van der Waals surface area contributed by atoms with Crippen LogP contribution in [0.4, 0.5) is 10.2 Å². The van der Waals surface area contributed by atoms with Crippen LogP contribution < -0.4 is 4.90 Å². The van der Waals surface area contributed by atoms with Crippen molar-refractivity contribution in [1.29, 1.82) is 0 Å². The average Bonchev–Trinajstić information content (AvgIpc) is 2.40. The number of aryl methyl sites for hydroxylation is 1. The highest BCUT2D eigenvalue weighted by Crippen LogP contribution is 2.24. The molecule has 4 heteroatoms. The van der Waals surface area contributed by atoms with Gasteiger partial charge in [0.1, 0.15) is 17.5 Å². The normalized spacial score (nSPS) is 10.5. The summed E-state index contributed by atoms with van der Waals surface area (Å²) in [5.41, 5.74) is 1.15. The molecule has 1 aromatic carbocycles. The second kappa shape index (κ2) is 5.78. The van der Waals surface area contributed by atoms with Crippen molar-refractivity contribution in [2.45, 2.75) is 20.8 Å². The lowest BCUT2D eigenvalue weighted by Gasteiger charge is -2.20. The molecule has 100 valence electrons. The molecule has 0 amide bonds. The maximum atomic E-state index is 13.8. The first-order chi connectivity index (χ1) is 9.15. The molecule has 19 heavy (non-hydrogen) atoms. The summed E-state index contributed by atoms with van der Waals surface area (Å²) in [6, 6.07) is 8.52. The standard InChI is InChI=1S/C15H18FN3/c1-4-19(5-2)15-10-14(17-11(3)18-15)12-8-6-7-9-13(12)16/h6-10H,4-5H2,1-3H3. The molecule has 0 saturated heterocycles. The highest BCUT2D eigenvalue weighted by atomic mass is 19.1. The molecule has 2 rings (SSSR count). The van der Waals surface area contributed by atoms with Gasteiger partial charge in [-0.3, -0.25) is 0 Å². The van der Waals surface area contributed by atoms with Gasteiger partial charge in [0.05, 0.1) is 5.69 Å². The topological polar surface area (TPSA) is 29.0 Å². The predicted molar refractivity (Wildman–Crippen MR) is 75.7 cm³/mol. The van der Waals surface area contributed by atoms with Crippen molar-refractivity contribution < 1.29 is 4.39 Å². The van der Waals surface area contributed by atoms with E-state index in [2.05, 4.69) is 28.7 Å². The van der Waals surface area contributed by atoms with E-state index in [1.807, 2.05) is 19.1 Å². The largest absolute Gasteiger partial charge is 0.357 e. The minimum absolute atomic E-state index is 0.258. The van der Waals surface area contributed by atoms with Gasteiger partial charge in [-0.2, -0.15) is 0 Å². The van der Waals surface area contributed by atoms with E-state index in [-0.39, 0.29) is 5.82 Å². The van der Waals surface area contributed by atoms with Gasteiger partial charge in [0.15, 0.2) is 0 Å². The quantitative estimate of drug-likeness (QED) is 0.842. The minimum atomic E-state index is -0.258. The third-order valence-electron chi connectivity index (χ3n) is 3.06. The summed E-state index contributed by atoms with van der Waals surface area (Å²) in [6.45, 7) is 7.71. The van der Waals surface area contributed by atoms with Crippen molar-refractivity contribution in [3.05, 3.63) is 42.0 Å². The third kappa shape index (κ3) is 2.89. The molecule has 0 aliphatic rings. The second-order valence-corrected chi connectivity index (χ2v) is 4.31. The van der Waals surface area contributed by atoms with Crippen LogP contribution in [0.5, 0.6) is 0 Å². The van der Waals surface area contributed by atoms with E-state index < -0.39 is 0 Å². The number of rotatable bonds is 4. The fraction of sp³-hybridized carbons (Fsp3) is 0.333. The van der Waals surface area contributed by atoms with Crippen LogP contribution in [-0.2, 0) is 0 Å². The van der Waals surface area contributed by atoms with E-state index in [9.17, 15) is 4.39 Å². The van der Waals surface area contributed by atoms with Crippen LogP contribution in [0.25, 0.3) is 11.3 Å². The number of nitrogens with zero attached hydrogens (tertiary/aromatic N) is 3. The van der Waals surface area contributed by atoms with Gasteiger partial charge in [-0.15, -0.1) is 0 Å². The van der Waals surface area contributed by atoms with Gasteiger partial charge in [-0.05, 0) is 32.9 Å². The van der Waals surface area contributed by atoms with Crippen LogP contribution >= 0.6 is 0 Å². The summed E-state index contributed by atoms with van der Waals surface area (Å²) in [6.07, 6.45) is 0. The Hall–Kier alpha value is -1.97. The number of anilines is 1.